The lowest BCUT2D eigenvalue weighted by Gasteiger charge is -2.31. The van der Waals surface area contributed by atoms with Gasteiger partial charge in [0, 0.05) is 32.7 Å². The fourth-order valence-electron chi connectivity index (χ4n) is 2.41. The lowest BCUT2D eigenvalue weighted by atomic mass is 9.92. The first-order chi connectivity index (χ1) is 9.99. The van der Waals surface area contributed by atoms with Gasteiger partial charge in [-0.05, 0) is 31.1 Å². The van der Waals surface area contributed by atoms with E-state index in [9.17, 15) is 9.59 Å². The van der Waals surface area contributed by atoms with Gasteiger partial charge in [-0.15, -0.1) is 0 Å². The predicted molar refractivity (Wildman–Crippen MR) is 80.2 cm³/mol. The molecule has 0 aromatic rings. The highest BCUT2D eigenvalue weighted by atomic mass is 16.5. The number of urea groups is 1. The van der Waals surface area contributed by atoms with Crippen LogP contribution in [0.5, 0.6) is 0 Å². The average molecular weight is 300 g/mol. The standard InChI is InChI=1S/C15H28N2O4/c1-12(2)11-21-10-7-16-15(20)17-8-5-13(6-9-17)3-4-14(18)19/h12-13H,3-11H2,1-2H3,(H,16,20)(H,18,19). The molecule has 6 nitrogen and oxygen atoms in total. The van der Waals surface area contributed by atoms with E-state index in [0.29, 0.717) is 51.1 Å². The molecule has 122 valence electrons. The topological polar surface area (TPSA) is 78.9 Å². The summed E-state index contributed by atoms with van der Waals surface area (Å²) in [6.45, 7) is 7.39. The smallest absolute Gasteiger partial charge is 0.317 e. The molecule has 1 aliphatic heterocycles. The Morgan fingerprint density at radius 3 is 2.57 bits per heavy atom. The molecule has 6 heteroatoms. The van der Waals surface area contributed by atoms with Gasteiger partial charge in [-0.2, -0.15) is 0 Å². The zero-order valence-corrected chi connectivity index (χ0v) is 13.1. The van der Waals surface area contributed by atoms with E-state index < -0.39 is 5.97 Å². The summed E-state index contributed by atoms with van der Waals surface area (Å²) in [6, 6.07) is -0.0418. The lowest BCUT2D eigenvalue weighted by molar-refractivity contribution is -0.137. The molecule has 1 fully saturated rings. The first-order valence-electron chi connectivity index (χ1n) is 7.81. The second kappa shape index (κ2) is 9.60. The van der Waals surface area contributed by atoms with Crippen LogP contribution in [0.25, 0.3) is 0 Å². The second-order valence-electron chi connectivity index (χ2n) is 6.06. The molecule has 0 radical (unpaired) electrons. The van der Waals surface area contributed by atoms with Gasteiger partial charge in [0.2, 0.25) is 0 Å². The van der Waals surface area contributed by atoms with Crippen LogP contribution in [0.1, 0.15) is 39.5 Å². The highest BCUT2D eigenvalue weighted by Gasteiger charge is 2.22. The Kier molecular flexibility index (Phi) is 8.12. The monoisotopic (exact) mass is 300 g/mol. The second-order valence-corrected chi connectivity index (χ2v) is 6.06. The van der Waals surface area contributed by atoms with Crippen LogP contribution < -0.4 is 5.32 Å². The summed E-state index contributed by atoms with van der Waals surface area (Å²) in [4.78, 5) is 24.3. The molecule has 21 heavy (non-hydrogen) atoms. The minimum Gasteiger partial charge on any atom is -0.481 e. The van der Waals surface area contributed by atoms with Gasteiger partial charge in [-0.25, -0.2) is 4.79 Å². The van der Waals surface area contributed by atoms with Gasteiger partial charge in [-0.3, -0.25) is 4.79 Å². The summed E-state index contributed by atoms with van der Waals surface area (Å²) in [5.41, 5.74) is 0. The van der Waals surface area contributed by atoms with Crippen molar-refractivity contribution < 1.29 is 19.4 Å². The number of nitrogens with zero attached hydrogens (tertiary/aromatic N) is 1. The zero-order valence-electron chi connectivity index (χ0n) is 13.1. The number of aliphatic carboxylic acids is 1. The Morgan fingerprint density at radius 2 is 2.00 bits per heavy atom. The summed E-state index contributed by atoms with van der Waals surface area (Å²) in [7, 11) is 0. The van der Waals surface area contributed by atoms with Crippen molar-refractivity contribution in [3.8, 4) is 0 Å². The molecule has 1 aliphatic rings. The van der Waals surface area contributed by atoms with Crippen molar-refractivity contribution in [1.29, 1.82) is 0 Å². The number of carbonyl (C=O) groups excluding carboxylic acids is 1. The maximum atomic E-state index is 11.9. The van der Waals surface area contributed by atoms with Gasteiger partial charge in [0.1, 0.15) is 0 Å². The van der Waals surface area contributed by atoms with E-state index in [4.69, 9.17) is 9.84 Å². The Morgan fingerprint density at radius 1 is 1.33 bits per heavy atom. The predicted octanol–water partition coefficient (Wildman–Crippen LogP) is 1.95. The van der Waals surface area contributed by atoms with Crippen LogP contribution in [0.15, 0.2) is 0 Å². The highest BCUT2D eigenvalue weighted by molar-refractivity contribution is 5.74. The van der Waals surface area contributed by atoms with Crippen molar-refractivity contribution >= 4 is 12.0 Å². The molecule has 2 N–H and O–H groups in total. The summed E-state index contributed by atoms with van der Waals surface area (Å²) in [6.07, 6.45) is 2.73. The average Bonchev–Trinajstić information content (AvgIpc) is 2.44. The van der Waals surface area contributed by atoms with E-state index >= 15 is 0 Å². The first kappa shape index (κ1) is 17.8. The van der Waals surface area contributed by atoms with E-state index in [-0.39, 0.29) is 12.5 Å². The quantitative estimate of drug-likeness (QED) is 0.672. The van der Waals surface area contributed by atoms with Crippen molar-refractivity contribution in [1.82, 2.24) is 10.2 Å². The third-order valence-electron chi connectivity index (χ3n) is 3.64. The first-order valence-corrected chi connectivity index (χ1v) is 7.81. The number of carbonyl (C=O) groups is 2. The number of likely N-dealkylation sites (tertiary alicyclic amines) is 1. The third-order valence-corrected chi connectivity index (χ3v) is 3.64. The van der Waals surface area contributed by atoms with Crippen LogP contribution in [0.3, 0.4) is 0 Å². The Balaban J connectivity index is 2.10. The minimum absolute atomic E-state index is 0.0418. The number of hydrogen-bond acceptors (Lipinski definition) is 3. The van der Waals surface area contributed by atoms with Gasteiger partial charge in [-0.1, -0.05) is 13.8 Å². The van der Waals surface area contributed by atoms with E-state index in [2.05, 4.69) is 19.2 Å². The van der Waals surface area contributed by atoms with Crippen molar-refractivity contribution in [2.24, 2.45) is 11.8 Å². The van der Waals surface area contributed by atoms with Crippen LogP contribution in [-0.4, -0.2) is 54.9 Å². The fourth-order valence-corrected chi connectivity index (χ4v) is 2.41. The van der Waals surface area contributed by atoms with Crippen LogP contribution in [0, 0.1) is 11.8 Å². The van der Waals surface area contributed by atoms with Crippen molar-refractivity contribution in [3.63, 3.8) is 0 Å². The number of ether oxygens (including phenoxy) is 1. The number of carboxylic acid groups (broad SMARTS) is 1. The van der Waals surface area contributed by atoms with Crippen LogP contribution >= 0.6 is 0 Å². The minimum atomic E-state index is -0.739. The molecule has 2 amide bonds. The number of carboxylic acids is 1. The van der Waals surface area contributed by atoms with Crippen molar-refractivity contribution in [2.75, 3.05) is 32.8 Å². The van der Waals surface area contributed by atoms with Gasteiger partial charge < -0.3 is 20.1 Å². The molecule has 0 atom stereocenters. The molecular formula is C15H28N2O4. The van der Waals surface area contributed by atoms with E-state index in [0.717, 1.165) is 12.8 Å². The summed E-state index contributed by atoms with van der Waals surface area (Å²) in [5, 5.41) is 11.5. The largest absolute Gasteiger partial charge is 0.481 e. The SMILES string of the molecule is CC(C)COCCNC(=O)N1CCC(CCC(=O)O)CC1. The molecule has 0 aromatic carbocycles. The molecule has 0 aromatic heterocycles. The maximum Gasteiger partial charge on any atom is 0.317 e. The number of rotatable bonds is 8. The number of piperidine rings is 1. The maximum absolute atomic E-state index is 11.9. The molecule has 1 heterocycles. The van der Waals surface area contributed by atoms with Gasteiger partial charge in [0.15, 0.2) is 0 Å². The normalized spacial score (nSPS) is 16.2. The summed E-state index contributed by atoms with van der Waals surface area (Å²) in [5.74, 6) is 0.196. The third kappa shape index (κ3) is 7.90. The lowest BCUT2D eigenvalue weighted by Crippen LogP contribution is -2.45. The Hall–Kier alpha value is -1.30. The highest BCUT2D eigenvalue weighted by Crippen LogP contribution is 2.21. The Labute approximate surface area is 126 Å². The number of amides is 2. The fraction of sp³-hybridized carbons (Fsp3) is 0.867. The van der Waals surface area contributed by atoms with E-state index in [1.165, 1.54) is 0 Å². The Bertz CT molecular complexity index is 326. The number of nitrogens with one attached hydrogen (secondary N) is 1. The summed E-state index contributed by atoms with van der Waals surface area (Å²) >= 11 is 0. The van der Waals surface area contributed by atoms with Crippen LogP contribution in [-0.2, 0) is 9.53 Å². The van der Waals surface area contributed by atoms with Gasteiger partial charge >= 0.3 is 12.0 Å². The van der Waals surface area contributed by atoms with Crippen molar-refractivity contribution in [3.05, 3.63) is 0 Å². The van der Waals surface area contributed by atoms with Crippen LogP contribution in [0.4, 0.5) is 4.79 Å². The molecule has 0 saturated carbocycles. The molecule has 0 unspecified atom stereocenters. The molecule has 1 saturated heterocycles. The summed E-state index contributed by atoms with van der Waals surface area (Å²) < 4.78 is 5.42. The zero-order chi connectivity index (χ0) is 15.7. The molecule has 0 bridgehead atoms. The molecule has 0 spiro atoms. The van der Waals surface area contributed by atoms with Crippen molar-refractivity contribution in [2.45, 2.75) is 39.5 Å². The number of hydrogen-bond donors (Lipinski definition) is 2. The van der Waals surface area contributed by atoms with E-state index in [1.807, 2.05) is 0 Å². The van der Waals surface area contributed by atoms with Gasteiger partial charge in [0.05, 0.1) is 6.61 Å². The molecule has 1 rings (SSSR count). The van der Waals surface area contributed by atoms with Gasteiger partial charge in [0.25, 0.3) is 0 Å². The van der Waals surface area contributed by atoms with Crippen LogP contribution in [0.2, 0.25) is 0 Å². The molecular weight excluding hydrogens is 272 g/mol. The molecule has 0 aliphatic carbocycles. The van der Waals surface area contributed by atoms with E-state index in [1.54, 1.807) is 4.90 Å².